The highest BCUT2D eigenvalue weighted by Gasteiger charge is 2.11. The fourth-order valence-corrected chi connectivity index (χ4v) is 2.31. The zero-order valence-electron chi connectivity index (χ0n) is 13.6. The third-order valence-corrected chi connectivity index (χ3v) is 3.41. The minimum absolute atomic E-state index is 0.126. The molecule has 0 unspecified atom stereocenters. The Bertz CT molecular complexity index is 671. The average Bonchev–Trinajstić information content (AvgIpc) is 2.49. The Kier molecular flexibility index (Phi) is 5.71. The number of benzene rings is 2. The first-order chi connectivity index (χ1) is 11.0. The summed E-state index contributed by atoms with van der Waals surface area (Å²) in [6.45, 7) is 2.75. The lowest BCUT2D eigenvalue weighted by atomic mass is 10.2. The fourth-order valence-electron chi connectivity index (χ4n) is 2.31. The molecule has 0 saturated carbocycles. The summed E-state index contributed by atoms with van der Waals surface area (Å²) in [7, 11) is 3.41. The van der Waals surface area contributed by atoms with Crippen molar-refractivity contribution in [2.24, 2.45) is 0 Å². The lowest BCUT2D eigenvalue weighted by Gasteiger charge is -2.17. The lowest BCUT2D eigenvalue weighted by Crippen LogP contribution is -2.30. The van der Waals surface area contributed by atoms with Gasteiger partial charge in [-0.05, 0) is 49.4 Å². The number of rotatable bonds is 6. The summed E-state index contributed by atoms with van der Waals surface area (Å²) in [5.41, 5.74) is 2.66. The molecule has 0 aliphatic carbocycles. The van der Waals surface area contributed by atoms with Crippen LogP contribution in [0.1, 0.15) is 11.1 Å². The van der Waals surface area contributed by atoms with Crippen molar-refractivity contribution in [3.63, 3.8) is 0 Å². The van der Waals surface area contributed by atoms with Gasteiger partial charge in [0.1, 0.15) is 11.6 Å². The summed E-state index contributed by atoms with van der Waals surface area (Å²) >= 11 is 0. The standard InChI is InChI=1S/C18H21FN2O2/c1-13-4-9-17(23-3)16(10-13)20-18(22)12-21(2)11-14-5-7-15(19)8-6-14/h4-10H,11-12H2,1-3H3,(H,20,22). The molecule has 4 nitrogen and oxygen atoms in total. The van der Waals surface area contributed by atoms with Crippen molar-refractivity contribution in [3.05, 3.63) is 59.4 Å². The Morgan fingerprint density at radius 1 is 1.22 bits per heavy atom. The maximum Gasteiger partial charge on any atom is 0.238 e. The van der Waals surface area contributed by atoms with E-state index in [2.05, 4.69) is 5.32 Å². The molecule has 2 aromatic rings. The van der Waals surface area contributed by atoms with Gasteiger partial charge in [-0.25, -0.2) is 4.39 Å². The Balaban J connectivity index is 1.94. The van der Waals surface area contributed by atoms with E-state index in [0.29, 0.717) is 18.0 Å². The Hall–Kier alpha value is -2.40. The molecule has 0 aliphatic heterocycles. The number of aryl methyl sites for hydroxylation is 1. The molecule has 1 N–H and O–H groups in total. The van der Waals surface area contributed by atoms with Crippen LogP contribution in [0.25, 0.3) is 0 Å². The Morgan fingerprint density at radius 2 is 1.91 bits per heavy atom. The maximum absolute atomic E-state index is 12.9. The molecule has 0 aromatic heterocycles. The lowest BCUT2D eigenvalue weighted by molar-refractivity contribution is -0.117. The average molecular weight is 316 g/mol. The molecule has 0 atom stereocenters. The van der Waals surface area contributed by atoms with Crippen LogP contribution in [-0.4, -0.2) is 31.5 Å². The van der Waals surface area contributed by atoms with Gasteiger partial charge in [0, 0.05) is 6.54 Å². The first-order valence-electron chi connectivity index (χ1n) is 7.35. The predicted molar refractivity (Wildman–Crippen MR) is 89.1 cm³/mol. The first-order valence-corrected chi connectivity index (χ1v) is 7.35. The number of nitrogens with one attached hydrogen (secondary N) is 1. The number of carbonyl (C=O) groups is 1. The van der Waals surface area contributed by atoms with E-state index in [9.17, 15) is 9.18 Å². The number of carbonyl (C=O) groups excluding carboxylic acids is 1. The number of hydrogen-bond acceptors (Lipinski definition) is 3. The summed E-state index contributed by atoms with van der Waals surface area (Å²) in [5, 5.41) is 2.86. The Labute approximate surface area is 135 Å². The molecule has 1 amide bonds. The van der Waals surface area contributed by atoms with E-state index in [4.69, 9.17) is 4.74 Å². The minimum atomic E-state index is -0.263. The quantitative estimate of drug-likeness (QED) is 0.890. The maximum atomic E-state index is 12.9. The minimum Gasteiger partial charge on any atom is -0.495 e. The predicted octanol–water partition coefficient (Wildman–Crippen LogP) is 3.21. The molecule has 0 bridgehead atoms. The van der Waals surface area contributed by atoms with Gasteiger partial charge < -0.3 is 10.1 Å². The molecule has 0 fully saturated rings. The number of halogens is 1. The number of ether oxygens (including phenoxy) is 1. The third kappa shape index (κ3) is 5.07. The molecule has 122 valence electrons. The summed E-state index contributed by atoms with van der Waals surface area (Å²) in [4.78, 5) is 14.0. The van der Waals surface area contributed by atoms with Gasteiger partial charge >= 0.3 is 0 Å². The third-order valence-electron chi connectivity index (χ3n) is 3.41. The van der Waals surface area contributed by atoms with Crippen molar-refractivity contribution in [3.8, 4) is 5.75 Å². The van der Waals surface area contributed by atoms with Crippen molar-refractivity contribution in [1.29, 1.82) is 0 Å². The van der Waals surface area contributed by atoms with Gasteiger partial charge in [-0.1, -0.05) is 18.2 Å². The highest BCUT2D eigenvalue weighted by Crippen LogP contribution is 2.25. The zero-order chi connectivity index (χ0) is 16.8. The van der Waals surface area contributed by atoms with Gasteiger partial charge in [0.05, 0.1) is 19.3 Å². The van der Waals surface area contributed by atoms with E-state index >= 15 is 0 Å². The number of amides is 1. The number of likely N-dealkylation sites (N-methyl/N-ethyl adjacent to an activating group) is 1. The van der Waals surface area contributed by atoms with Crippen LogP contribution in [-0.2, 0) is 11.3 Å². The topological polar surface area (TPSA) is 41.6 Å². The van der Waals surface area contributed by atoms with Gasteiger partial charge in [-0.15, -0.1) is 0 Å². The van der Waals surface area contributed by atoms with Crippen molar-refractivity contribution >= 4 is 11.6 Å². The fraction of sp³-hybridized carbons (Fsp3) is 0.278. The highest BCUT2D eigenvalue weighted by molar-refractivity contribution is 5.93. The van der Waals surface area contributed by atoms with Crippen LogP contribution in [0.2, 0.25) is 0 Å². The Morgan fingerprint density at radius 3 is 2.57 bits per heavy atom. The molecule has 0 radical (unpaired) electrons. The van der Waals surface area contributed by atoms with Crippen LogP contribution in [0, 0.1) is 12.7 Å². The van der Waals surface area contributed by atoms with Crippen LogP contribution in [0.4, 0.5) is 10.1 Å². The van der Waals surface area contributed by atoms with Crippen LogP contribution >= 0.6 is 0 Å². The molecule has 23 heavy (non-hydrogen) atoms. The van der Waals surface area contributed by atoms with Crippen molar-refractivity contribution < 1.29 is 13.9 Å². The van der Waals surface area contributed by atoms with Crippen LogP contribution < -0.4 is 10.1 Å². The van der Waals surface area contributed by atoms with E-state index in [1.54, 1.807) is 19.2 Å². The van der Waals surface area contributed by atoms with Crippen molar-refractivity contribution in [1.82, 2.24) is 4.90 Å². The van der Waals surface area contributed by atoms with E-state index < -0.39 is 0 Å². The van der Waals surface area contributed by atoms with Crippen molar-refractivity contribution in [2.75, 3.05) is 26.0 Å². The monoisotopic (exact) mass is 316 g/mol. The number of hydrogen-bond donors (Lipinski definition) is 1. The van der Waals surface area contributed by atoms with Crippen LogP contribution in [0.15, 0.2) is 42.5 Å². The van der Waals surface area contributed by atoms with E-state index in [-0.39, 0.29) is 18.3 Å². The molecule has 2 rings (SSSR count). The molecular formula is C18H21FN2O2. The van der Waals surface area contributed by atoms with Crippen LogP contribution in [0.3, 0.4) is 0 Å². The van der Waals surface area contributed by atoms with E-state index in [1.807, 2.05) is 37.1 Å². The number of methoxy groups -OCH3 is 1. The second kappa shape index (κ2) is 7.74. The molecule has 0 spiro atoms. The summed E-state index contributed by atoms with van der Waals surface area (Å²) < 4.78 is 18.1. The number of anilines is 1. The SMILES string of the molecule is COc1ccc(C)cc1NC(=O)CN(C)Cc1ccc(F)cc1. The van der Waals surface area contributed by atoms with Gasteiger partial charge in [-0.3, -0.25) is 9.69 Å². The van der Waals surface area contributed by atoms with Gasteiger partial charge in [0.15, 0.2) is 0 Å². The first kappa shape index (κ1) is 17.0. The highest BCUT2D eigenvalue weighted by atomic mass is 19.1. The van der Waals surface area contributed by atoms with E-state index in [0.717, 1.165) is 11.1 Å². The van der Waals surface area contributed by atoms with Gasteiger partial charge in [0.2, 0.25) is 5.91 Å². The molecule has 0 saturated heterocycles. The summed E-state index contributed by atoms with van der Waals surface area (Å²) in [6.07, 6.45) is 0. The normalized spacial score (nSPS) is 10.7. The number of nitrogens with zero attached hydrogens (tertiary/aromatic N) is 1. The molecule has 5 heteroatoms. The second-order valence-electron chi connectivity index (χ2n) is 5.55. The molecule has 0 aliphatic rings. The van der Waals surface area contributed by atoms with Gasteiger partial charge in [0.25, 0.3) is 0 Å². The smallest absolute Gasteiger partial charge is 0.238 e. The molecular weight excluding hydrogens is 295 g/mol. The molecule has 0 heterocycles. The molecule has 2 aromatic carbocycles. The summed E-state index contributed by atoms with van der Waals surface area (Å²) in [6, 6.07) is 11.9. The van der Waals surface area contributed by atoms with E-state index in [1.165, 1.54) is 12.1 Å². The van der Waals surface area contributed by atoms with Crippen LogP contribution in [0.5, 0.6) is 5.75 Å². The second-order valence-corrected chi connectivity index (χ2v) is 5.55. The van der Waals surface area contributed by atoms with Crippen molar-refractivity contribution in [2.45, 2.75) is 13.5 Å². The van der Waals surface area contributed by atoms with Gasteiger partial charge in [-0.2, -0.15) is 0 Å². The largest absolute Gasteiger partial charge is 0.495 e. The zero-order valence-corrected chi connectivity index (χ0v) is 13.6. The summed E-state index contributed by atoms with van der Waals surface area (Å²) in [5.74, 6) is 0.240.